The summed E-state index contributed by atoms with van der Waals surface area (Å²) in [7, 11) is 1.61. The van der Waals surface area contributed by atoms with E-state index in [2.05, 4.69) is 0 Å². The quantitative estimate of drug-likeness (QED) is 0.363. The lowest BCUT2D eigenvalue weighted by Gasteiger charge is -2.32. The smallest absolute Gasteiger partial charge is 0.181 e. The third-order valence-electron chi connectivity index (χ3n) is 5.39. The van der Waals surface area contributed by atoms with Gasteiger partial charge >= 0.3 is 0 Å². The van der Waals surface area contributed by atoms with Crippen LogP contribution in [-0.2, 0) is 32.0 Å². The monoisotopic (exact) mass is 464 g/mol. The van der Waals surface area contributed by atoms with Crippen LogP contribution < -0.4 is 4.74 Å². The standard InChI is InChI=1S/C26H37FO6/c1-5-21(16-19-8-12-22(27)13-9-19)25(32-18-24(30-6-2)31-7-3)26(28)33-17-20-10-14-23(29-4)15-11-20/h8-15,21,24-26,28H,5-7,16-18H2,1-4H3/t21-,25-,26-/m0/s1. The molecular weight excluding hydrogens is 427 g/mol. The van der Waals surface area contributed by atoms with Gasteiger partial charge in [-0.05, 0) is 61.6 Å². The van der Waals surface area contributed by atoms with Crippen molar-refractivity contribution in [2.24, 2.45) is 5.92 Å². The van der Waals surface area contributed by atoms with Gasteiger partial charge in [-0.25, -0.2) is 4.39 Å². The second kappa shape index (κ2) is 15.0. The van der Waals surface area contributed by atoms with Gasteiger partial charge in [0.15, 0.2) is 12.6 Å². The highest BCUT2D eigenvalue weighted by molar-refractivity contribution is 5.26. The summed E-state index contributed by atoms with van der Waals surface area (Å²) in [6.45, 7) is 7.17. The Morgan fingerprint density at radius 2 is 1.42 bits per heavy atom. The summed E-state index contributed by atoms with van der Waals surface area (Å²) in [6.07, 6.45) is -0.972. The molecular formula is C26H37FO6. The molecule has 0 aliphatic rings. The van der Waals surface area contributed by atoms with Gasteiger partial charge in [-0.3, -0.25) is 0 Å². The number of rotatable bonds is 16. The number of methoxy groups -OCH3 is 1. The summed E-state index contributed by atoms with van der Waals surface area (Å²) in [4.78, 5) is 0. The molecule has 0 amide bonds. The first kappa shape index (κ1) is 27.2. The van der Waals surface area contributed by atoms with Gasteiger partial charge < -0.3 is 28.8 Å². The summed E-state index contributed by atoms with van der Waals surface area (Å²) in [5.74, 6) is 0.410. The van der Waals surface area contributed by atoms with Crippen LogP contribution in [0.15, 0.2) is 48.5 Å². The van der Waals surface area contributed by atoms with E-state index in [-0.39, 0.29) is 24.9 Å². The predicted molar refractivity (Wildman–Crippen MR) is 124 cm³/mol. The topological polar surface area (TPSA) is 66.4 Å². The van der Waals surface area contributed by atoms with Crippen molar-refractivity contribution in [2.45, 2.75) is 58.9 Å². The molecule has 0 saturated heterocycles. The van der Waals surface area contributed by atoms with Crippen molar-refractivity contribution < 1.29 is 33.2 Å². The van der Waals surface area contributed by atoms with Gasteiger partial charge in [0.25, 0.3) is 0 Å². The Morgan fingerprint density at radius 3 is 1.97 bits per heavy atom. The van der Waals surface area contributed by atoms with E-state index in [1.54, 1.807) is 19.2 Å². The molecule has 0 aliphatic heterocycles. The van der Waals surface area contributed by atoms with E-state index in [4.69, 9.17) is 23.7 Å². The minimum atomic E-state index is -1.17. The number of halogens is 1. The van der Waals surface area contributed by atoms with Crippen molar-refractivity contribution >= 4 is 0 Å². The first-order valence-corrected chi connectivity index (χ1v) is 11.5. The van der Waals surface area contributed by atoms with E-state index in [1.165, 1.54) is 12.1 Å². The first-order chi connectivity index (χ1) is 16.0. The summed E-state index contributed by atoms with van der Waals surface area (Å²) in [5, 5.41) is 11.0. The Labute approximate surface area is 196 Å². The minimum Gasteiger partial charge on any atom is -0.497 e. The highest BCUT2D eigenvalue weighted by Crippen LogP contribution is 2.24. The molecule has 6 nitrogen and oxygen atoms in total. The Bertz CT molecular complexity index is 761. The molecule has 0 saturated carbocycles. The zero-order valence-electron chi connectivity index (χ0n) is 20.0. The molecule has 0 bridgehead atoms. The van der Waals surface area contributed by atoms with Crippen LogP contribution in [0.1, 0.15) is 38.3 Å². The van der Waals surface area contributed by atoms with Crippen LogP contribution in [0.4, 0.5) is 4.39 Å². The fourth-order valence-corrected chi connectivity index (χ4v) is 3.57. The lowest BCUT2D eigenvalue weighted by molar-refractivity contribution is -0.232. The Hall–Kier alpha value is -2.03. The van der Waals surface area contributed by atoms with Gasteiger partial charge in [0, 0.05) is 13.2 Å². The van der Waals surface area contributed by atoms with Gasteiger partial charge in [-0.1, -0.05) is 37.6 Å². The van der Waals surface area contributed by atoms with Crippen LogP contribution in [0.25, 0.3) is 0 Å². The maximum absolute atomic E-state index is 13.3. The van der Waals surface area contributed by atoms with Crippen LogP contribution in [0.5, 0.6) is 5.75 Å². The molecule has 0 aliphatic carbocycles. The first-order valence-electron chi connectivity index (χ1n) is 11.5. The molecule has 0 aromatic heterocycles. The lowest BCUT2D eigenvalue weighted by Crippen LogP contribution is -2.41. The van der Waals surface area contributed by atoms with Crippen molar-refractivity contribution in [1.82, 2.24) is 0 Å². The molecule has 1 N–H and O–H groups in total. The van der Waals surface area contributed by atoms with Crippen LogP contribution in [0, 0.1) is 11.7 Å². The largest absolute Gasteiger partial charge is 0.497 e. The Morgan fingerprint density at radius 1 is 0.818 bits per heavy atom. The van der Waals surface area contributed by atoms with Crippen LogP contribution in [0.2, 0.25) is 0 Å². The van der Waals surface area contributed by atoms with Crippen LogP contribution in [-0.4, -0.2) is 50.7 Å². The normalized spacial score (nSPS) is 14.3. The summed E-state index contributed by atoms with van der Waals surface area (Å²) >= 11 is 0. The molecule has 184 valence electrons. The lowest BCUT2D eigenvalue weighted by atomic mass is 9.91. The fraction of sp³-hybridized carbons (Fsp3) is 0.538. The SMILES string of the molecule is CCOC(CO[C@@H]([C@@H](CC)Cc1ccc(F)cc1)[C@@H](O)OCc1ccc(OC)cc1)OCC. The van der Waals surface area contributed by atoms with Crippen LogP contribution >= 0.6 is 0 Å². The van der Waals surface area contributed by atoms with Crippen molar-refractivity contribution in [1.29, 1.82) is 0 Å². The number of hydrogen-bond acceptors (Lipinski definition) is 6. The summed E-state index contributed by atoms with van der Waals surface area (Å²) in [5.41, 5.74) is 1.87. The van der Waals surface area contributed by atoms with Crippen molar-refractivity contribution in [3.8, 4) is 5.75 Å². The third-order valence-corrected chi connectivity index (χ3v) is 5.39. The second-order valence-electron chi connectivity index (χ2n) is 7.69. The Balaban J connectivity index is 2.10. The number of aliphatic hydroxyl groups is 1. The van der Waals surface area contributed by atoms with Gasteiger partial charge in [0.05, 0.1) is 20.3 Å². The highest BCUT2D eigenvalue weighted by Gasteiger charge is 2.30. The fourth-order valence-electron chi connectivity index (χ4n) is 3.57. The average Bonchev–Trinajstić information content (AvgIpc) is 2.83. The van der Waals surface area contributed by atoms with E-state index in [1.807, 2.05) is 45.0 Å². The van der Waals surface area contributed by atoms with Crippen molar-refractivity contribution in [3.05, 3.63) is 65.5 Å². The van der Waals surface area contributed by atoms with Gasteiger partial charge in [0.1, 0.15) is 17.7 Å². The highest BCUT2D eigenvalue weighted by atomic mass is 19.1. The van der Waals surface area contributed by atoms with E-state index < -0.39 is 18.7 Å². The van der Waals surface area contributed by atoms with E-state index in [0.29, 0.717) is 19.6 Å². The number of benzene rings is 2. The van der Waals surface area contributed by atoms with Crippen LogP contribution in [0.3, 0.4) is 0 Å². The zero-order valence-corrected chi connectivity index (χ0v) is 20.0. The van der Waals surface area contributed by atoms with Crippen molar-refractivity contribution in [2.75, 3.05) is 26.9 Å². The number of aliphatic hydroxyl groups excluding tert-OH is 1. The maximum atomic E-state index is 13.3. The molecule has 2 aromatic carbocycles. The zero-order chi connectivity index (χ0) is 24.1. The number of ether oxygens (including phenoxy) is 5. The molecule has 0 fully saturated rings. The van der Waals surface area contributed by atoms with Crippen molar-refractivity contribution in [3.63, 3.8) is 0 Å². The molecule has 0 unspecified atom stereocenters. The van der Waals surface area contributed by atoms with E-state index in [0.717, 1.165) is 23.3 Å². The maximum Gasteiger partial charge on any atom is 0.181 e. The molecule has 0 spiro atoms. The molecule has 3 atom stereocenters. The Kier molecular flexibility index (Phi) is 12.4. The van der Waals surface area contributed by atoms with Gasteiger partial charge in [0.2, 0.25) is 0 Å². The average molecular weight is 465 g/mol. The molecule has 0 heterocycles. The predicted octanol–water partition coefficient (Wildman–Crippen LogP) is 4.72. The third kappa shape index (κ3) is 9.39. The summed E-state index contributed by atoms with van der Waals surface area (Å²) < 4.78 is 41.6. The molecule has 2 rings (SSSR count). The van der Waals surface area contributed by atoms with E-state index >= 15 is 0 Å². The minimum absolute atomic E-state index is 0.0646. The molecule has 33 heavy (non-hydrogen) atoms. The second-order valence-corrected chi connectivity index (χ2v) is 7.69. The summed E-state index contributed by atoms with van der Waals surface area (Å²) in [6, 6.07) is 13.8. The van der Waals surface area contributed by atoms with E-state index in [9.17, 15) is 9.50 Å². The molecule has 0 radical (unpaired) electrons. The van der Waals surface area contributed by atoms with Gasteiger partial charge in [-0.2, -0.15) is 0 Å². The molecule has 7 heteroatoms. The molecule has 2 aromatic rings. The number of hydrogen-bond donors (Lipinski definition) is 1. The van der Waals surface area contributed by atoms with Gasteiger partial charge in [-0.15, -0.1) is 0 Å².